The molecular formula is C14H16ClNO. The summed E-state index contributed by atoms with van der Waals surface area (Å²) in [6.07, 6.45) is 6.10. The number of nitrogens with zero attached hydrogens (tertiary/aromatic N) is 1. The molecule has 1 aromatic rings. The zero-order chi connectivity index (χ0) is 11.8. The van der Waals surface area contributed by atoms with Crippen LogP contribution < -0.4 is 4.90 Å². The largest absolute Gasteiger partial charge is 0.368 e. The summed E-state index contributed by atoms with van der Waals surface area (Å²) in [6.45, 7) is 1.09. The van der Waals surface area contributed by atoms with Crippen LogP contribution in [0.25, 0.3) is 0 Å². The number of halogens is 1. The van der Waals surface area contributed by atoms with Crippen molar-refractivity contribution in [2.45, 2.75) is 31.7 Å². The Balaban J connectivity index is 1.91. The van der Waals surface area contributed by atoms with Gasteiger partial charge in [-0.15, -0.1) is 0 Å². The lowest BCUT2D eigenvalue weighted by molar-refractivity contribution is 0.112. The first kappa shape index (κ1) is 11.1. The number of anilines is 1. The van der Waals surface area contributed by atoms with Crippen molar-refractivity contribution in [3.8, 4) is 0 Å². The van der Waals surface area contributed by atoms with Gasteiger partial charge in [-0.25, -0.2) is 0 Å². The van der Waals surface area contributed by atoms with Crippen LogP contribution in [-0.2, 0) is 0 Å². The lowest BCUT2D eigenvalue weighted by Gasteiger charge is -2.26. The Hall–Kier alpha value is -1.02. The molecule has 0 bridgehead atoms. The van der Waals surface area contributed by atoms with Crippen LogP contribution in [0, 0.1) is 5.92 Å². The van der Waals surface area contributed by atoms with Crippen molar-refractivity contribution >= 4 is 23.6 Å². The Morgan fingerprint density at radius 3 is 2.65 bits per heavy atom. The molecule has 0 atom stereocenters. The molecule has 90 valence electrons. The fourth-order valence-corrected chi connectivity index (χ4v) is 2.44. The van der Waals surface area contributed by atoms with Crippen LogP contribution in [0.2, 0.25) is 5.02 Å². The molecule has 0 aliphatic heterocycles. The average Bonchev–Trinajstić information content (AvgIpc) is 3.17. The predicted octanol–water partition coefficient (Wildman–Crippen LogP) is 3.53. The Labute approximate surface area is 107 Å². The van der Waals surface area contributed by atoms with Crippen LogP contribution in [0.3, 0.4) is 0 Å². The van der Waals surface area contributed by atoms with E-state index in [4.69, 9.17) is 11.6 Å². The zero-order valence-electron chi connectivity index (χ0n) is 9.73. The van der Waals surface area contributed by atoms with Crippen molar-refractivity contribution in [2.75, 3.05) is 11.4 Å². The van der Waals surface area contributed by atoms with Crippen LogP contribution in [0.1, 0.15) is 36.0 Å². The maximum absolute atomic E-state index is 11.1. The number of aldehydes is 1. The molecule has 3 heteroatoms. The first-order chi connectivity index (χ1) is 8.28. The van der Waals surface area contributed by atoms with Crippen molar-refractivity contribution < 1.29 is 4.79 Å². The zero-order valence-corrected chi connectivity index (χ0v) is 10.5. The second-order valence-corrected chi connectivity index (χ2v) is 5.58. The third kappa shape index (κ3) is 2.47. The summed E-state index contributed by atoms with van der Waals surface area (Å²) in [5.41, 5.74) is 1.80. The summed E-state index contributed by atoms with van der Waals surface area (Å²) in [6, 6.07) is 6.18. The number of carbonyl (C=O) groups excluding carboxylic acids is 1. The molecule has 3 rings (SSSR count). The third-order valence-electron chi connectivity index (χ3n) is 3.57. The summed E-state index contributed by atoms with van der Waals surface area (Å²) < 4.78 is 0. The van der Waals surface area contributed by atoms with Crippen molar-refractivity contribution in [1.29, 1.82) is 0 Å². The van der Waals surface area contributed by atoms with Crippen LogP contribution in [0.4, 0.5) is 5.69 Å². The molecule has 0 amide bonds. The van der Waals surface area contributed by atoms with E-state index in [2.05, 4.69) is 4.90 Å². The van der Waals surface area contributed by atoms with Gasteiger partial charge in [-0.05, 0) is 49.8 Å². The van der Waals surface area contributed by atoms with Gasteiger partial charge >= 0.3 is 0 Å². The average molecular weight is 250 g/mol. The number of carbonyl (C=O) groups is 1. The molecule has 17 heavy (non-hydrogen) atoms. The Morgan fingerprint density at radius 1 is 1.29 bits per heavy atom. The Kier molecular flexibility index (Phi) is 2.83. The first-order valence-electron chi connectivity index (χ1n) is 6.29. The van der Waals surface area contributed by atoms with Gasteiger partial charge in [0.15, 0.2) is 6.29 Å². The molecule has 2 aliphatic rings. The minimum Gasteiger partial charge on any atom is -0.368 e. The second kappa shape index (κ2) is 4.34. The maximum atomic E-state index is 11.1. The molecule has 0 N–H and O–H groups in total. The van der Waals surface area contributed by atoms with Crippen molar-refractivity contribution in [3.63, 3.8) is 0 Å². The molecule has 0 heterocycles. The molecular weight excluding hydrogens is 234 g/mol. The number of rotatable bonds is 5. The van der Waals surface area contributed by atoms with E-state index in [0.717, 1.165) is 30.0 Å². The van der Waals surface area contributed by atoms with E-state index in [0.29, 0.717) is 11.1 Å². The molecule has 0 spiro atoms. The summed E-state index contributed by atoms with van der Waals surface area (Å²) >= 11 is 6.05. The predicted molar refractivity (Wildman–Crippen MR) is 69.9 cm³/mol. The van der Waals surface area contributed by atoms with E-state index in [1.807, 2.05) is 12.1 Å². The van der Waals surface area contributed by atoms with Gasteiger partial charge in [-0.1, -0.05) is 11.6 Å². The normalized spacial score (nSPS) is 19.1. The minimum atomic E-state index is 0.632. The van der Waals surface area contributed by atoms with Gasteiger partial charge in [0.05, 0.1) is 0 Å². The lowest BCUT2D eigenvalue weighted by Crippen LogP contribution is -2.29. The van der Waals surface area contributed by atoms with Crippen LogP contribution in [0.5, 0.6) is 0 Å². The highest BCUT2D eigenvalue weighted by molar-refractivity contribution is 6.31. The van der Waals surface area contributed by atoms with E-state index >= 15 is 0 Å². The number of hydrogen-bond acceptors (Lipinski definition) is 2. The molecule has 2 nitrogen and oxygen atoms in total. The topological polar surface area (TPSA) is 20.3 Å². The fraction of sp³-hybridized carbons (Fsp3) is 0.500. The number of benzene rings is 1. The van der Waals surface area contributed by atoms with E-state index in [9.17, 15) is 4.79 Å². The SMILES string of the molecule is O=Cc1ccc(Cl)cc1N(CC1CC1)C1CC1. The Morgan fingerprint density at radius 2 is 2.06 bits per heavy atom. The molecule has 1 aromatic carbocycles. The van der Waals surface area contributed by atoms with Gasteiger partial charge in [0.25, 0.3) is 0 Å². The van der Waals surface area contributed by atoms with Crippen LogP contribution >= 0.6 is 11.6 Å². The van der Waals surface area contributed by atoms with Gasteiger partial charge in [0.2, 0.25) is 0 Å². The van der Waals surface area contributed by atoms with Gasteiger partial charge in [-0.2, -0.15) is 0 Å². The molecule has 0 unspecified atom stereocenters. The van der Waals surface area contributed by atoms with Crippen LogP contribution in [0.15, 0.2) is 18.2 Å². The van der Waals surface area contributed by atoms with Crippen molar-refractivity contribution in [1.82, 2.24) is 0 Å². The van der Waals surface area contributed by atoms with E-state index < -0.39 is 0 Å². The van der Waals surface area contributed by atoms with Crippen molar-refractivity contribution in [3.05, 3.63) is 28.8 Å². The molecule has 2 aliphatic carbocycles. The maximum Gasteiger partial charge on any atom is 0.152 e. The monoisotopic (exact) mass is 249 g/mol. The third-order valence-corrected chi connectivity index (χ3v) is 3.80. The van der Waals surface area contributed by atoms with Gasteiger partial charge < -0.3 is 4.90 Å². The highest BCUT2D eigenvalue weighted by Crippen LogP contribution is 2.39. The highest BCUT2D eigenvalue weighted by Gasteiger charge is 2.34. The molecule has 0 aromatic heterocycles. The van der Waals surface area contributed by atoms with Crippen LogP contribution in [-0.4, -0.2) is 18.9 Å². The summed E-state index contributed by atoms with van der Waals surface area (Å²) in [5.74, 6) is 0.828. The fourth-order valence-electron chi connectivity index (χ4n) is 2.27. The van der Waals surface area contributed by atoms with E-state index in [1.54, 1.807) is 6.07 Å². The molecule has 0 radical (unpaired) electrons. The van der Waals surface area contributed by atoms with Gasteiger partial charge in [-0.3, -0.25) is 4.79 Å². The van der Waals surface area contributed by atoms with E-state index in [1.165, 1.54) is 25.7 Å². The second-order valence-electron chi connectivity index (χ2n) is 5.15. The van der Waals surface area contributed by atoms with Gasteiger partial charge in [0.1, 0.15) is 0 Å². The minimum absolute atomic E-state index is 0.632. The van der Waals surface area contributed by atoms with E-state index in [-0.39, 0.29) is 0 Å². The molecule has 2 fully saturated rings. The smallest absolute Gasteiger partial charge is 0.152 e. The summed E-state index contributed by atoms with van der Waals surface area (Å²) in [4.78, 5) is 13.5. The lowest BCUT2D eigenvalue weighted by atomic mass is 10.1. The first-order valence-corrected chi connectivity index (χ1v) is 6.67. The molecule has 2 saturated carbocycles. The summed E-state index contributed by atoms with van der Waals surface area (Å²) in [5, 5.41) is 0.715. The van der Waals surface area contributed by atoms with Gasteiger partial charge in [0, 0.05) is 28.9 Å². The highest BCUT2D eigenvalue weighted by atomic mass is 35.5. The molecule has 0 saturated heterocycles. The quantitative estimate of drug-likeness (QED) is 0.744. The summed E-state index contributed by atoms with van der Waals surface area (Å²) in [7, 11) is 0. The van der Waals surface area contributed by atoms with Crippen molar-refractivity contribution in [2.24, 2.45) is 5.92 Å². The standard InChI is InChI=1S/C14H16ClNO/c15-12-4-3-11(9-17)14(7-12)16(13-5-6-13)8-10-1-2-10/h3-4,7,9-10,13H,1-2,5-6,8H2. The number of hydrogen-bond donors (Lipinski definition) is 0. The Bertz CT molecular complexity index is 438.